The highest BCUT2D eigenvalue weighted by Gasteiger charge is 2.28. The number of hydrogen-bond acceptors (Lipinski definition) is 2. The van der Waals surface area contributed by atoms with Crippen molar-refractivity contribution in [2.45, 2.75) is 26.0 Å². The lowest BCUT2D eigenvalue weighted by molar-refractivity contribution is -0.127. The number of amides is 1. The normalized spacial score (nSPS) is 16.2. The van der Waals surface area contributed by atoms with Crippen LogP contribution in [0.5, 0.6) is 5.75 Å². The maximum Gasteiger partial charge on any atom is 0.261 e. The van der Waals surface area contributed by atoms with Crippen LogP contribution in [-0.4, -0.2) is 12.0 Å². The molecule has 0 aliphatic carbocycles. The van der Waals surface area contributed by atoms with Gasteiger partial charge < -0.3 is 10.1 Å². The van der Waals surface area contributed by atoms with Gasteiger partial charge in [-0.3, -0.25) is 4.79 Å². The second-order valence-electron chi connectivity index (χ2n) is 5.27. The lowest BCUT2D eigenvalue weighted by atomic mass is 10.1. The third-order valence-electron chi connectivity index (χ3n) is 3.58. The van der Waals surface area contributed by atoms with Crippen molar-refractivity contribution >= 4 is 17.5 Å². The first-order chi connectivity index (χ1) is 10.1. The summed E-state index contributed by atoms with van der Waals surface area (Å²) in [5, 5.41) is 3.58. The summed E-state index contributed by atoms with van der Waals surface area (Å²) in [6, 6.07) is 13.5. The van der Waals surface area contributed by atoms with Crippen molar-refractivity contribution in [2.24, 2.45) is 0 Å². The Bertz CT molecular complexity index is 667. The molecule has 0 spiro atoms. The predicted molar refractivity (Wildman–Crippen MR) is 82.6 cm³/mol. The van der Waals surface area contributed by atoms with Gasteiger partial charge >= 0.3 is 0 Å². The summed E-state index contributed by atoms with van der Waals surface area (Å²) in [5.41, 5.74) is 3.27. The van der Waals surface area contributed by atoms with E-state index in [9.17, 15) is 4.79 Å². The zero-order valence-corrected chi connectivity index (χ0v) is 12.5. The molecule has 0 saturated carbocycles. The van der Waals surface area contributed by atoms with Gasteiger partial charge in [-0.1, -0.05) is 41.4 Å². The van der Waals surface area contributed by atoms with Gasteiger partial charge in [0.25, 0.3) is 5.91 Å². The van der Waals surface area contributed by atoms with Crippen LogP contribution in [0, 0.1) is 6.92 Å². The minimum atomic E-state index is -0.469. The minimum Gasteiger partial charge on any atom is -0.480 e. The zero-order valence-electron chi connectivity index (χ0n) is 11.7. The number of carbonyl (C=O) groups is 1. The number of halogens is 1. The number of carbonyl (C=O) groups excluding carboxylic acids is 1. The molecule has 1 aliphatic rings. The molecule has 0 aromatic heterocycles. The molecular formula is C17H16ClNO2. The van der Waals surface area contributed by atoms with Crippen molar-refractivity contribution in [2.75, 3.05) is 0 Å². The van der Waals surface area contributed by atoms with Crippen LogP contribution in [0.15, 0.2) is 42.5 Å². The first kappa shape index (κ1) is 14.0. The van der Waals surface area contributed by atoms with Crippen LogP contribution in [0.25, 0.3) is 0 Å². The van der Waals surface area contributed by atoms with Gasteiger partial charge in [-0.05, 0) is 36.2 Å². The Labute approximate surface area is 128 Å². The number of ether oxygens (including phenoxy) is 1. The summed E-state index contributed by atoms with van der Waals surface area (Å²) in [6.45, 7) is 2.55. The van der Waals surface area contributed by atoms with E-state index >= 15 is 0 Å². The molecule has 4 heteroatoms. The molecule has 1 atom stereocenters. The largest absolute Gasteiger partial charge is 0.480 e. The van der Waals surface area contributed by atoms with Crippen LogP contribution in [-0.2, 0) is 17.8 Å². The Morgan fingerprint density at radius 1 is 1.29 bits per heavy atom. The highest BCUT2D eigenvalue weighted by Crippen LogP contribution is 2.31. The van der Waals surface area contributed by atoms with Crippen molar-refractivity contribution in [1.29, 1.82) is 0 Å². The van der Waals surface area contributed by atoms with Gasteiger partial charge in [-0.15, -0.1) is 0 Å². The number of benzene rings is 2. The average molecular weight is 302 g/mol. The van der Waals surface area contributed by atoms with Gasteiger partial charge in [-0.2, -0.15) is 0 Å². The third kappa shape index (κ3) is 3.19. The van der Waals surface area contributed by atoms with Crippen molar-refractivity contribution in [3.8, 4) is 5.75 Å². The molecule has 3 nitrogen and oxygen atoms in total. The molecule has 108 valence electrons. The molecule has 0 saturated heterocycles. The quantitative estimate of drug-likeness (QED) is 0.945. The van der Waals surface area contributed by atoms with E-state index in [1.165, 1.54) is 5.56 Å². The van der Waals surface area contributed by atoms with Crippen molar-refractivity contribution in [3.05, 3.63) is 64.2 Å². The van der Waals surface area contributed by atoms with Gasteiger partial charge in [0.05, 0.1) is 0 Å². The summed E-state index contributed by atoms with van der Waals surface area (Å²) in [6.07, 6.45) is 0.0965. The first-order valence-corrected chi connectivity index (χ1v) is 7.28. The monoisotopic (exact) mass is 301 g/mol. The molecule has 0 fully saturated rings. The van der Waals surface area contributed by atoms with Crippen molar-refractivity contribution < 1.29 is 9.53 Å². The predicted octanol–water partition coefficient (Wildman–Crippen LogP) is 3.27. The van der Waals surface area contributed by atoms with E-state index in [0.717, 1.165) is 16.9 Å². The smallest absolute Gasteiger partial charge is 0.261 e. The summed E-state index contributed by atoms with van der Waals surface area (Å²) >= 11 is 5.95. The molecule has 1 N–H and O–H groups in total. The lowest BCUT2D eigenvalue weighted by Gasteiger charge is -2.11. The molecule has 0 bridgehead atoms. The number of fused-ring (bicyclic) bond motifs is 1. The average Bonchev–Trinajstić information content (AvgIpc) is 2.89. The topological polar surface area (TPSA) is 38.3 Å². The van der Waals surface area contributed by atoms with E-state index in [1.54, 1.807) is 6.07 Å². The van der Waals surface area contributed by atoms with E-state index in [1.807, 2.05) is 43.3 Å². The van der Waals surface area contributed by atoms with Crippen LogP contribution < -0.4 is 10.1 Å². The summed E-state index contributed by atoms with van der Waals surface area (Å²) < 4.78 is 5.66. The third-order valence-corrected chi connectivity index (χ3v) is 3.81. The fraction of sp³-hybridized carbons (Fsp3) is 0.235. The van der Waals surface area contributed by atoms with Crippen molar-refractivity contribution in [1.82, 2.24) is 5.32 Å². The maximum atomic E-state index is 12.2. The van der Waals surface area contributed by atoms with Gasteiger partial charge in [0, 0.05) is 18.0 Å². The number of hydrogen-bond donors (Lipinski definition) is 1. The summed E-state index contributed by atoms with van der Waals surface area (Å²) in [5.74, 6) is 0.651. The molecule has 2 aromatic carbocycles. The highest BCUT2D eigenvalue weighted by atomic mass is 35.5. The SMILES string of the molecule is Cc1ccc(CNC(=O)C2Cc3cc(Cl)ccc3O2)cc1. The second-order valence-corrected chi connectivity index (χ2v) is 5.70. The van der Waals surface area contributed by atoms with Gasteiger partial charge in [0.2, 0.25) is 0 Å². The van der Waals surface area contributed by atoms with Crippen LogP contribution >= 0.6 is 11.6 Å². The molecular weight excluding hydrogens is 286 g/mol. The van der Waals surface area contributed by atoms with Gasteiger partial charge in [0.15, 0.2) is 6.10 Å². The molecule has 2 aromatic rings. The van der Waals surface area contributed by atoms with E-state index in [0.29, 0.717) is 18.0 Å². The fourth-order valence-corrected chi connectivity index (χ4v) is 2.57. The molecule has 1 amide bonds. The van der Waals surface area contributed by atoms with E-state index < -0.39 is 6.10 Å². The van der Waals surface area contributed by atoms with E-state index in [4.69, 9.17) is 16.3 Å². The standard InChI is InChI=1S/C17H16ClNO2/c1-11-2-4-12(5-3-11)10-19-17(20)16-9-13-8-14(18)6-7-15(13)21-16/h2-8,16H,9-10H2,1H3,(H,19,20). The summed E-state index contributed by atoms with van der Waals surface area (Å²) in [4.78, 5) is 12.2. The Hall–Kier alpha value is -2.00. The summed E-state index contributed by atoms with van der Waals surface area (Å²) in [7, 11) is 0. The van der Waals surface area contributed by atoms with E-state index in [2.05, 4.69) is 5.32 Å². The highest BCUT2D eigenvalue weighted by molar-refractivity contribution is 6.30. The number of aryl methyl sites for hydroxylation is 1. The maximum absolute atomic E-state index is 12.2. The number of rotatable bonds is 3. The van der Waals surface area contributed by atoms with Crippen LogP contribution in [0.2, 0.25) is 5.02 Å². The van der Waals surface area contributed by atoms with Gasteiger partial charge in [0.1, 0.15) is 5.75 Å². The molecule has 1 aliphatic heterocycles. The first-order valence-electron chi connectivity index (χ1n) is 6.90. The zero-order chi connectivity index (χ0) is 14.8. The van der Waals surface area contributed by atoms with Crippen molar-refractivity contribution in [3.63, 3.8) is 0 Å². The Kier molecular flexibility index (Phi) is 3.84. The van der Waals surface area contributed by atoms with Crippen LogP contribution in [0.1, 0.15) is 16.7 Å². The van der Waals surface area contributed by atoms with Crippen LogP contribution in [0.3, 0.4) is 0 Å². The lowest BCUT2D eigenvalue weighted by Crippen LogP contribution is -2.36. The Balaban J connectivity index is 1.59. The Morgan fingerprint density at radius 3 is 2.81 bits per heavy atom. The molecule has 1 unspecified atom stereocenters. The molecule has 3 rings (SSSR count). The number of nitrogens with one attached hydrogen (secondary N) is 1. The fourth-order valence-electron chi connectivity index (χ4n) is 2.37. The van der Waals surface area contributed by atoms with Crippen LogP contribution in [0.4, 0.5) is 0 Å². The molecule has 0 radical (unpaired) electrons. The van der Waals surface area contributed by atoms with E-state index in [-0.39, 0.29) is 5.91 Å². The molecule has 1 heterocycles. The second kappa shape index (κ2) is 5.78. The Morgan fingerprint density at radius 2 is 2.05 bits per heavy atom. The van der Waals surface area contributed by atoms with Gasteiger partial charge in [-0.25, -0.2) is 0 Å². The molecule has 21 heavy (non-hydrogen) atoms. The minimum absolute atomic E-state index is 0.0945.